The smallest absolute Gasteiger partial charge is 0.248 e. The lowest BCUT2D eigenvalue weighted by atomic mass is 9.86. The van der Waals surface area contributed by atoms with Gasteiger partial charge in [0.15, 0.2) is 0 Å². The summed E-state index contributed by atoms with van der Waals surface area (Å²) in [7, 11) is 0. The third-order valence-corrected chi connectivity index (χ3v) is 4.72. The fourth-order valence-corrected chi connectivity index (χ4v) is 3.23. The van der Waals surface area contributed by atoms with E-state index in [2.05, 4.69) is 5.32 Å². The summed E-state index contributed by atoms with van der Waals surface area (Å²) in [6.07, 6.45) is 1.23. The molecular weight excluding hydrogens is 278 g/mol. The van der Waals surface area contributed by atoms with E-state index >= 15 is 0 Å². The molecule has 1 amide bonds. The molecule has 6 heteroatoms. The lowest BCUT2D eigenvalue weighted by Crippen LogP contribution is -2.55. The Balaban J connectivity index is 2.15. The molecule has 0 aromatic rings. The highest BCUT2D eigenvalue weighted by Crippen LogP contribution is 2.37. The number of aliphatic hydroxyl groups is 1. The van der Waals surface area contributed by atoms with Crippen LogP contribution in [0.5, 0.6) is 0 Å². The average molecular weight is 304 g/mol. The molecule has 2 N–H and O–H groups in total. The van der Waals surface area contributed by atoms with E-state index in [9.17, 15) is 18.7 Å². The molecule has 1 atom stereocenters. The number of nitrogens with one attached hydrogen (secondary N) is 1. The third kappa shape index (κ3) is 3.72. The molecule has 1 heterocycles. The van der Waals surface area contributed by atoms with Crippen molar-refractivity contribution in [1.29, 1.82) is 0 Å². The minimum atomic E-state index is -2.59. The minimum Gasteiger partial charge on any atom is -0.395 e. The van der Waals surface area contributed by atoms with Crippen molar-refractivity contribution in [2.24, 2.45) is 5.41 Å². The Morgan fingerprint density at radius 1 is 1.29 bits per heavy atom. The molecule has 4 nitrogen and oxygen atoms in total. The lowest BCUT2D eigenvalue weighted by molar-refractivity contribution is -0.150. The molecule has 1 saturated heterocycles. The number of nitrogens with zero attached hydrogens (tertiary/aromatic N) is 1. The highest BCUT2D eigenvalue weighted by atomic mass is 19.3. The Bertz CT molecular complexity index is 372. The molecular formula is C15H26F2N2O2. The van der Waals surface area contributed by atoms with Crippen LogP contribution in [0.15, 0.2) is 0 Å². The van der Waals surface area contributed by atoms with Crippen LogP contribution in [0.3, 0.4) is 0 Å². The number of hydrogen-bond acceptors (Lipinski definition) is 3. The number of rotatable bonds is 4. The van der Waals surface area contributed by atoms with Crippen LogP contribution in [-0.2, 0) is 4.79 Å². The second-order valence-corrected chi connectivity index (χ2v) is 6.99. The van der Waals surface area contributed by atoms with Crippen molar-refractivity contribution in [2.75, 3.05) is 19.7 Å². The molecule has 0 aromatic heterocycles. The van der Waals surface area contributed by atoms with Gasteiger partial charge in [-0.2, -0.15) is 0 Å². The van der Waals surface area contributed by atoms with Crippen LogP contribution < -0.4 is 5.32 Å². The molecule has 0 spiro atoms. The van der Waals surface area contributed by atoms with Gasteiger partial charge in [-0.25, -0.2) is 8.78 Å². The van der Waals surface area contributed by atoms with E-state index in [4.69, 9.17) is 0 Å². The van der Waals surface area contributed by atoms with Gasteiger partial charge in [-0.1, -0.05) is 0 Å². The molecule has 2 fully saturated rings. The summed E-state index contributed by atoms with van der Waals surface area (Å²) < 4.78 is 26.7. The molecule has 122 valence electrons. The summed E-state index contributed by atoms with van der Waals surface area (Å²) in [5.74, 6) is -2.71. The van der Waals surface area contributed by atoms with Crippen molar-refractivity contribution >= 4 is 5.91 Å². The van der Waals surface area contributed by atoms with Gasteiger partial charge in [0.2, 0.25) is 11.8 Å². The maximum atomic E-state index is 13.4. The monoisotopic (exact) mass is 304 g/mol. The van der Waals surface area contributed by atoms with Gasteiger partial charge >= 0.3 is 0 Å². The fraction of sp³-hybridized carbons (Fsp3) is 0.933. The number of amides is 1. The van der Waals surface area contributed by atoms with Gasteiger partial charge < -0.3 is 15.3 Å². The van der Waals surface area contributed by atoms with Crippen LogP contribution in [-0.4, -0.2) is 53.6 Å². The molecule has 2 rings (SSSR count). The second-order valence-electron chi connectivity index (χ2n) is 6.99. The van der Waals surface area contributed by atoms with Crippen molar-refractivity contribution < 1.29 is 18.7 Å². The Kier molecular flexibility index (Phi) is 4.88. The number of carbonyl (C=O) groups is 1. The predicted octanol–water partition coefficient (Wildman–Crippen LogP) is 1.77. The molecule has 1 aliphatic carbocycles. The van der Waals surface area contributed by atoms with Gasteiger partial charge in [-0.15, -0.1) is 0 Å². The highest BCUT2D eigenvalue weighted by molar-refractivity contribution is 5.82. The van der Waals surface area contributed by atoms with Crippen molar-refractivity contribution in [1.82, 2.24) is 10.2 Å². The van der Waals surface area contributed by atoms with Gasteiger partial charge in [0, 0.05) is 31.5 Å². The Labute approximate surface area is 124 Å². The lowest BCUT2D eigenvalue weighted by Gasteiger charge is -2.43. The zero-order chi connectivity index (χ0) is 15.7. The number of halogens is 2. The topological polar surface area (TPSA) is 52.6 Å². The molecule has 0 unspecified atom stereocenters. The zero-order valence-electron chi connectivity index (χ0n) is 12.9. The van der Waals surface area contributed by atoms with Crippen molar-refractivity contribution in [3.05, 3.63) is 0 Å². The van der Waals surface area contributed by atoms with E-state index < -0.39 is 11.3 Å². The first kappa shape index (κ1) is 16.6. The molecule has 0 bridgehead atoms. The predicted molar refractivity (Wildman–Crippen MR) is 76.2 cm³/mol. The average Bonchev–Trinajstić information content (AvgIpc) is 2.94. The highest BCUT2D eigenvalue weighted by Gasteiger charge is 2.43. The van der Waals surface area contributed by atoms with Gasteiger partial charge in [-0.3, -0.25) is 4.79 Å². The molecule has 0 aromatic carbocycles. The van der Waals surface area contributed by atoms with Crippen molar-refractivity contribution in [2.45, 2.75) is 64.0 Å². The molecule has 1 saturated carbocycles. The largest absolute Gasteiger partial charge is 0.395 e. The minimum absolute atomic E-state index is 0.0556. The maximum Gasteiger partial charge on any atom is 0.248 e. The van der Waals surface area contributed by atoms with E-state index in [-0.39, 0.29) is 37.4 Å². The van der Waals surface area contributed by atoms with E-state index in [1.54, 1.807) is 18.7 Å². The number of carbonyl (C=O) groups excluding carboxylic acids is 1. The summed E-state index contributed by atoms with van der Waals surface area (Å²) in [5, 5.41) is 12.7. The Hall–Kier alpha value is -0.750. The van der Waals surface area contributed by atoms with Crippen LogP contribution in [0.1, 0.15) is 46.0 Å². The summed E-state index contributed by atoms with van der Waals surface area (Å²) in [4.78, 5) is 14.6. The molecule has 0 radical (unpaired) electrons. The molecule has 1 aliphatic heterocycles. The number of hydrogen-bond donors (Lipinski definition) is 2. The first-order valence-corrected chi connectivity index (χ1v) is 7.79. The van der Waals surface area contributed by atoms with E-state index in [0.717, 1.165) is 13.0 Å². The van der Waals surface area contributed by atoms with Crippen LogP contribution in [0.4, 0.5) is 8.78 Å². The van der Waals surface area contributed by atoms with Crippen LogP contribution in [0.2, 0.25) is 0 Å². The molecule has 21 heavy (non-hydrogen) atoms. The number of alkyl halides is 2. The van der Waals surface area contributed by atoms with Gasteiger partial charge in [-0.05, 0) is 39.7 Å². The summed E-state index contributed by atoms with van der Waals surface area (Å²) in [6.45, 7) is 4.74. The second kappa shape index (κ2) is 6.16. The van der Waals surface area contributed by atoms with Crippen molar-refractivity contribution in [3.63, 3.8) is 0 Å². The first-order valence-electron chi connectivity index (χ1n) is 7.79. The van der Waals surface area contributed by atoms with E-state index in [0.29, 0.717) is 19.4 Å². The summed E-state index contributed by atoms with van der Waals surface area (Å²) in [6, 6.07) is -0.0760. The van der Waals surface area contributed by atoms with Gasteiger partial charge in [0.25, 0.3) is 0 Å². The van der Waals surface area contributed by atoms with E-state index in [1.807, 2.05) is 0 Å². The number of aliphatic hydroxyl groups excluding tert-OH is 1. The van der Waals surface area contributed by atoms with Crippen molar-refractivity contribution in [3.8, 4) is 0 Å². The standard InChI is InChI=1S/C15H26F2N2O2/c1-14(2,10-20)13(21)19(12-5-8-18-9-12)11-3-6-15(16,17)7-4-11/h11-12,18,20H,3-10H2,1-2H3/t12-/m0/s1. The normalized spacial score (nSPS) is 26.8. The van der Waals surface area contributed by atoms with Crippen LogP contribution in [0.25, 0.3) is 0 Å². The van der Waals surface area contributed by atoms with Gasteiger partial charge in [0.1, 0.15) is 0 Å². The van der Waals surface area contributed by atoms with Crippen LogP contribution >= 0.6 is 0 Å². The van der Waals surface area contributed by atoms with Gasteiger partial charge in [0.05, 0.1) is 12.0 Å². The first-order chi connectivity index (χ1) is 9.77. The van der Waals surface area contributed by atoms with E-state index in [1.165, 1.54) is 0 Å². The summed E-state index contributed by atoms with van der Waals surface area (Å²) in [5.41, 5.74) is -0.859. The maximum absolute atomic E-state index is 13.4. The Morgan fingerprint density at radius 3 is 2.38 bits per heavy atom. The zero-order valence-corrected chi connectivity index (χ0v) is 12.9. The SMILES string of the molecule is CC(C)(CO)C(=O)N(C1CCC(F)(F)CC1)[C@H]1CCNC1. The summed E-state index contributed by atoms with van der Waals surface area (Å²) >= 11 is 0. The van der Waals surface area contributed by atoms with Crippen LogP contribution in [0, 0.1) is 5.41 Å². The molecule has 2 aliphatic rings. The quantitative estimate of drug-likeness (QED) is 0.832. The third-order valence-electron chi connectivity index (χ3n) is 4.72. The Morgan fingerprint density at radius 2 is 1.90 bits per heavy atom. The fourth-order valence-electron chi connectivity index (χ4n) is 3.23.